The molecule has 0 radical (unpaired) electrons. The summed E-state index contributed by atoms with van der Waals surface area (Å²) in [7, 11) is 0. The van der Waals surface area contributed by atoms with Crippen molar-refractivity contribution < 1.29 is 14.6 Å². The van der Waals surface area contributed by atoms with Crippen LogP contribution in [0.1, 0.15) is 39.0 Å². The number of hydrogen-bond donors (Lipinski definition) is 1. The summed E-state index contributed by atoms with van der Waals surface area (Å²) in [5.41, 5.74) is -0.129. The van der Waals surface area contributed by atoms with Crippen molar-refractivity contribution in [3.63, 3.8) is 0 Å². The van der Waals surface area contributed by atoms with Gasteiger partial charge >= 0.3 is 5.97 Å². The van der Waals surface area contributed by atoms with Gasteiger partial charge in [0.15, 0.2) is 0 Å². The highest BCUT2D eigenvalue weighted by molar-refractivity contribution is 5.86. The predicted octanol–water partition coefficient (Wildman–Crippen LogP) is 2.29. The molecule has 4 aliphatic carbocycles. The predicted molar refractivity (Wildman–Crippen MR) is 67.8 cm³/mol. The fraction of sp³-hybridized carbons (Fsp3) is 0.800. The summed E-state index contributed by atoms with van der Waals surface area (Å²) in [4.78, 5) is 11.5. The van der Waals surface area contributed by atoms with Crippen LogP contribution < -0.4 is 0 Å². The molecule has 3 atom stereocenters. The molecule has 4 aliphatic rings. The van der Waals surface area contributed by atoms with Crippen LogP contribution in [-0.2, 0) is 9.53 Å². The van der Waals surface area contributed by atoms with Crippen molar-refractivity contribution in [2.75, 3.05) is 6.61 Å². The number of carbonyl (C=O) groups is 1. The summed E-state index contributed by atoms with van der Waals surface area (Å²) in [6.07, 6.45) is 5.56. The lowest BCUT2D eigenvalue weighted by atomic mass is 9.50. The van der Waals surface area contributed by atoms with Crippen molar-refractivity contribution in [1.29, 1.82) is 0 Å². The fourth-order valence-electron chi connectivity index (χ4n) is 4.68. The molecule has 0 aromatic rings. The Morgan fingerprint density at radius 3 is 2.44 bits per heavy atom. The Morgan fingerprint density at radius 2 is 1.94 bits per heavy atom. The molecule has 3 unspecified atom stereocenters. The first-order chi connectivity index (χ1) is 8.48. The monoisotopic (exact) mass is 250 g/mol. The molecule has 0 heterocycles. The number of carbonyl (C=O) groups excluding carboxylic acids is 1. The van der Waals surface area contributed by atoms with Gasteiger partial charge in [-0.15, -0.1) is 0 Å². The molecule has 0 aromatic carbocycles. The maximum Gasteiger partial charge on any atom is 0.333 e. The van der Waals surface area contributed by atoms with Crippen LogP contribution >= 0.6 is 0 Å². The Balaban J connectivity index is 1.69. The van der Waals surface area contributed by atoms with Gasteiger partial charge in [-0.25, -0.2) is 4.79 Å². The summed E-state index contributed by atoms with van der Waals surface area (Å²) < 4.78 is 5.30. The van der Waals surface area contributed by atoms with Crippen molar-refractivity contribution in [2.24, 2.45) is 23.7 Å². The van der Waals surface area contributed by atoms with E-state index >= 15 is 0 Å². The Kier molecular flexibility index (Phi) is 2.77. The van der Waals surface area contributed by atoms with Gasteiger partial charge in [-0.2, -0.15) is 0 Å². The summed E-state index contributed by atoms with van der Waals surface area (Å²) in [5.74, 6) is 1.79. The highest BCUT2D eigenvalue weighted by atomic mass is 16.5. The molecule has 0 amide bonds. The molecule has 0 saturated heterocycles. The Bertz CT molecular complexity index is 373. The van der Waals surface area contributed by atoms with Gasteiger partial charge < -0.3 is 9.84 Å². The fourth-order valence-corrected chi connectivity index (χ4v) is 4.68. The number of aliphatic hydroxyl groups is 1. The molecular formula is C15H22O3. The van der Waals surface area contributed by atoms with Crippen LogP contribution in [0.4, 0.5) is 0 Å². The first-order valence-electron chi connectivity index (χ1n) is 7.03. The molecule has 0 spiro atoms. The van der Waals surface area contributed by atoms with Crippen molar-refractivity contribution in [3.8, 4) is 0 Å². The first kappa shape index (κ1) is 12.2. The Labute approximate surface area is 108 Å². The molecule has 3 nitrogen and oxygen atoms in total. The lowest BCUT2D eigenvalue weighted by Gasteiger charge is -2.58. The standard InChI is InChI=1S/C15H22O3/c1-9(2)14(16)18-8-13-12-4-10-3-11(5-12)7-15(13,17)6-10/h10-13,17H,1,3-8H2,2H3. The Morgan fingerprint density at radius 1 is 1.33 bits per heavy atom. The van der Waals surface area contributed by atoms with E-state index in [1.807, 2.05) is 0 Å². The van der Waals surface area contributed by atoms with Crippen LogP contribution in [0.3, 0.4) is 0 Å². The topological polar surface area (TPSA) is 46.5 Å². The average Bonchev–Trinajstić information content (AvgIpc) is 2.25. The molecule has 100 valence electrons. The Hall–Kier alpha value is -0.830. The van der Waals surface area contributed by atoms with E-state index in [9.17, 15) is 9.90 Å². The second-order valence-corrected chi connectivity index (χ2v) is 6.70. The molecule has 4 bridgehead atoms. The third-order valence-electron chi connectivity index (χ3n) is 5.22. The molecule has 4 rings (SSSR count). The average molecular weight is 250 g/mol. The maximum absolute atomic E-state index is 11.5. The van der Waals surface area contributed by atoms with E-state index in [1.54, 1.807) is 6.92 Å². The molecular weight excluding hydrogens is 228 g/mol. The van der Waals surface area contributed by atoms with Gasteiger partial charge in [0.1, 0.15) is 0 Å². The molecule has 3 heteroatoms. The van der Waals surface area contributed by atoms with Crippen molar-refractivity contribution >= 4 is 5.97 Å². The molecule has 4 fully saturated rings. The first-order valence-corrected chi connectivity index (χ1v) is 7.03. The third-order valence-corrected chi connectivity index (χ3v) is 5.22. The van der Waals surface area contributed by atoms with Gasteiger partial charge in [-0.3, -0.25) is 0 Å². The molecule has 0 aliphatic heterocycles. The van der Waals surface area contributed by atoms with Crippen LogP contribution in [-0.4, -0.2) is 23.3 Å². The van der Waals surface area contributed by atoms with Gasteiger partial charge in [0.25, 0.3) is 0 Å². The van der Waals surface area contributed by atoms with E-state index < -0.39 is 5.60 Å². The molecule has 4 saturated carbocycles. The zero-order chi connectivity index (χ0) is 12.9. The zero-order valence-corrected chi connectivity index (χ0v) is 11.0. The molecule has 0 aromatic heterocycles. The number of ether oxygens (including phenoxy) is 1. The van der Waals surface area contributed by atoms with Crippen LogP contribution in [0.5, 0.6) is 0 Å². The summed E-state index contributed by atoms with van der Waals surface area (Å²) in [6.45, 7) is 5.62. The van der Waals surface area contributed by atoms with E-state index in [1.165, 1.54) is 19.3 Å². The third kappa shape index (κ3) is 1.89. The minimum Gasteiger partial charge on any atom is -0.462 e. The van der Waals surface area contributed by atoms with Crippen molar-refractivity contribution in [2.45, 2.75) is 44.6 Å². The van der Waals surface area contributed by atoms with E-state index in [0.717, 1.165) is 12.8 Å². The second-order valence-electron chi connectivity index (χ2n) is 6.70. The number of hydrogen-bond acceptors (Lipinski definition) is 3. The van der Waals surface area contributed by atoms with Gasteiger partial charge in [0, 0.05) is 11.5 Å². The lowest BCUT2D eigenvalue weighted by Crippen LogP contribution is -2.58. The maximum atomic E-state index is 11.5. The van der Waals surface area contributed by atoms with E-state index in [0.29, 0.717) is 29.9 Å². The highest BCUT2D eigenvalue weighted by Crippen LogP contribution is 2.58. The number of esters is 1. The lowest BCUT2D eigenvalue weighted by molar-refractivity contribution is -0.189. The van der Waals surface area contributed by atoms with E-state index in [-0.39, 0.29) is 11.9 Å². The minimum absolute atomic E-state index is 0.147. The van der Waals surface area contributed by atoms with Gasteiger partial charge in [-0.05, 0) is 56.8 Å². The normalized spacial score (nSPS) is 45.0. The zero-order valence-electron chi connectivity index (χ0n) is 11.0. The second kappa shape index (κ2) is 4.09. The van der Waals surface area contributed by atoms with E-state index in [4.69, 9.17) is 4.74 Å². The van der Waals surface area contributed by atoms with Gasteiger partial charge in [0.05, 0.1) is 12.2 Å². The molecule has 18 heavy (non-hydrogen) atoms. The van der Waals surface area contributed by atoms with Crippen LogP contribution in [0, 0.1) is 23.7 Å². The number of rotatable bonds is 3. The van der Waals surface area contributed by atoms with Crippen molar-refractivity contribution in [3.05, 3.63) is 12.2 Å². The summed E-state index contributed by atoms with van der Waals surface area (Å²) in [6, 6.07) is 0. The van der Waals surface area contributed by atoms with Crippen LogP contribution in [0.25, 0.3) is 0 Å². The molecule has 1 N–H and O–H groups in total. The minimum atomic E-state index is -0.565. The highest BCUT2D eigenvalue weighted by Gasteiger charge is 2.56. The summed E-state index contributed by atoms with van der Waals surface area (Å²) >= 11 is 0. The SMILES string of the molecule is C=C(C)C(=O)OCC1C2CC3CC(C2)CC1(O)C3. The van der Waals surface area contributed by atoms with Gasteiger partial charge in [0.2, 0.25) is 0 Å². The van der Waals surface area contributed by atoms with E-state index in [2.05, 4.69) is 6.58 Å². The largest absolute Gasteiger partial charge is 0.462 e. The summed E-state index contributed by atoms with van der Waals surface area (Å²) in [5, 5.41) is 10.8. The van der Waals surface area contributed by atoms with Crippen molar-refractivity contribution in [1.82, 2.24) is 0 Å². The smallest absolute Gasteiger partial charge is 0.333 e. The quantitative estimate of drug-likeness (QED) is 0.617. The van der Waals surface area contributed by atoms with Crippen LogP contribution in [0.2, 0.25) is 0 Å². The van der Waals surface area contributed by atoms with Gasteiger partial charge in [-0.1, -0.05) is 6.58 Å². The van der Waals surface area contributed by atoms with Crippen LogP contribution in [0.15, 0.2) is 12.2 Å².